The Morgan fingerprint density at radius 2 is 1.60 bits per heavy atom. The molecule has 43 heavy (non-hydrogen) atoms. The summed E-state index contributed by atoms with van der Waals surface area (Å²) in [6.07, 6.45) is 12.6. The summed E-state index contributed by atoms with van der Waals surface area (Å²) in [6.45, 7) is 0. The Morgan fingerprint density at radius 1 is 0.791 bits per heavy atom. The van der Waals surface area contributed by atoms with Crippen molar-refractivity contribution in [3.63, 3.8) is 0 Å². The molecule has 1 aliphatic heterocycles. The van der Waals surface area contributed by atoms with Crippen molar-refractivity contribution in [3.8, 4) is 0 Å². The fourth-order valence-corrected chi connectivity index (χ4v) is 6.79. The van der Waals surface area contributed by atoms with E-state index in [1.807, 2.05) is 30.3 Å². The lowest BCUT2D eigenvalue weighted by Crippen LogP contribution is -2.35. The molecule has 0 bridgehead atoms. The second-order valence-electron chi connectivity index (χ2n) is 11.1. The first-order valence-electron chi connectivity index (χ1n) is 14.8. The van der Waals surface area contributed by atoms with Gasteiger partial charge in [0.1, 0.15) is 12.0 Å². The number of para-hydroxylation sites is 1. The van der Waals surface area contributed by atoms with E-state index in [4.69, 9.17) is 9.98 Å². The first-order chi connectivity index (χ1) is 21.3. The number of hydrogen-bond acceptors (Lipinski definition) is 3. The van der Waals surface area contributed by atoms with Crippen LogP contribution in [0.4, 0.5) is 0 Å². The van der Waals surface area contributed by atoms with Gasteiger partial charge in [0.2, 0.25) is 5.96 Å². The molecular formula is C38H27N5. The third-order valence-corrected chi connectivity index (χ3v) is 8.68. The minimum absolute atomic E-state index is 0.273. The third kappa shape index (κ3) is 3.66. The smallest absolute Gasteiger partial charge is 0.234 e. The Labute approximate surface area is 248 Å². The molecule has 204 valence electrons. The van der Waals surface area contributed by atoms with Crippen LogP contribution in [0.25, 0.3) is 44.5 Å². The van der Waals surface area contributed by atoms with Gasteiger partial charge in [0.15, 0.2) is 0 Å². The molecule has 0 saturated heterocycles. The van der Waals surface area contributed by atoms with Gasteiger partial charge in [-0.3, -0.25) is 4.57 Å². The summed E-state index contributed by atoms with van der Waals surface area (Å²) in [5, 5.41) is 7.30. The first-order valence-corrected chi connectivity index (χ1v) is 14.8. The van der Waals surface area contributed by atoms with E-state index >= 15 is 0 Å². The van der Waals surface area contributed by atoms with Gasteiger partial charge in [-0.05, 0) is 54.3 Å². The van der Waals surface area contributed by atoms with Crippen molar-refractivity contribution < 1.29 is 0 Å². The fraction of sp³-hybridized carbons (Fsp3) is 0.0789. The summed E-state index contributed by atoms with van der Waals surface area (Å²) < 4.78 is 4.67. The van der Waals surface area contributed by atoms with Gasteiger partial charge in [-0.15, -0.1) is 5.73 Å². The SMILES string of the molecule is C1=CC=C(n2c3c(c4ccc5c(c6ccccc6n5C5=NC(c6ccccc6)NC(c6ccccc6)=N5)c42)CCC=C3)C=1. The van der Waals surface area contributed by atoms with Crippen molar-refractivity contribution in [1.82, 2.24) is 14.5 Å². The molecule has 5 heteroatoms. The molecule has 2 aliphatic carbocycles. The van der Waals surface area contributed by atoms with Gasteiger partial charge in [0, 0.05) is 33.5 Å². The topological polar surface area (TPSA) is 46.6 Å². The molecule has 6 aromatic rings. The normalized spacial score (nSPS) is 17.3. The molecule has 1 unspecified atom stereocenters. The average Bonchev–Trinajstić information content (AvgIpc) is 3.80. The summed E-state index contributed by atoms with van der Waals surface area (Å²) in [5.74, 6) is 1.48. The van der Waals surface area contributed by atoms with Crippen molar-refractivity contribution in [2.45, 2.75) is 19.0 Å². The highest BCUT2D eigenvalue weighted by molar-refractivity contribution is 6.25. The fourth-order valence-electron chi connectivity index (χ4n) is 6.79. The lowest BCUT2D eigenvalue weighted by molar-refractivity contribution is 0.668. The number of hydrogen-bond donors (Lipinski definition) is 1. The van der Waals surface area contributed by atoms with Crippen LogP contribution in [-0.2, 0) is 6.42 Å². The number of aliphatic imine (C=N–C) groups is 2. The van der Waals surface area contributed by atoms with E-state index in [1.54, 1.807) is 0 Å². The van der Waals surface area contributed by atoms with Crippen LogP contribution < -0.4 is 5.32 Å². The number of benzene rings is 4. The molecule has 1 N–H and O–H groups in total. The van der Waals surface area contributed by atoms with Crippen LogP contribution >= 0.6 is 0 Å². The Kier molecular flexibility index (Phi) is 5.28. The predicted octanol–water partition coefficient (Wildman–Crippen LogP) is 8.23. The van der Waals surface area contributed by atoms with Crippen LogP contribution in [-0.4, -0.2) is 20.9 Å². The first kappa shape index (κ1) is 24.0. The minimum atomic E-state index is -0.273. The molecule has 2 aromatic heterocycles. The maximum atomic E-state index is 5.25. The number of amidine groups is 1. The molecule has 4 aromatic carbocycles. The second-order valence-corrected chi connectivity index (χ2v) is 11.1. The number of aromatic nitrogens is 2. The Morgan fingerprint density at radius 3 is 2.44 bits per heavy atom. The maximum Gasteiger partial charge on any atom is 0.234 e. The van der Waals surface area contributed by atoms with Gasteiger partial charge >= 0.3 is 0 Å². The van der Waals surface area contributed by atoms with Crippen molar-refractivity contribution >= 4 is 56.3 Å². The highest BCUT2D eigenvalue weighted by Gasteiger charge is 2.27. The highest BCUT2D eigenvalue weighted by atomic mass is 15.3. The average molecular weight is 554 g/mol. The van der Waals surface area contributed by atoms with Crippen LogP contribution in [0.2, 0.25) is 0 Å². The third-order valence-electron chi connectivity index (χ3n) is 8.68. The Balaban J connectivity index is 1.37. The zero-order valence-corrected chi connectivity index (χ0v) is 23.4. The van der Waals surface area contributed by atoms with E-state index < -0.39 is 0 Å². The molecule has 0 spiro atoms. The molecule has 5 nitrogen and oxygen atoms in total. The molecule has 0 fully saturated rings. The highest BCUT2D eigenvalue weighted by Crippen LogP contribution is 2.42. The van der Waals surface area contributed by atoms with Crippen LogP contribution in [0.5, 0.6) is 0 Å². The molecular weight excluding hydrogens is 526 g/mol. The molecule has 9 rings (SSSR count). The summed E-state index contributed by atoms with van der Waals surface area (Å²) in [6, 6.07) is 33.9. The van der Waals surface area contributed by atoms with Gasteiger partial charge in [0.05, 0.1) is 22.2 Å². The molecule has 0 saturated carbocycles. The largest absolute Gasteiger partial charge is 0.344 e. The summed E-state index contributed by atoms with van der Waals surface area (Å²) in [4.78, 5) is 10.4. The van der Waals surface area contributed by atoms with Crippen molar-refractivity contribution in [2.75, 3.05) is 0 Å². The summed E-state index contributed by atoms with van der Waals surface area (Å²) in [5.41, 5.74) is 12.6. The standard InChI is InChI=1S/C38H27N5/c1-3-13-25(14-4-1)36-39-37(26-15-5-2-6-16-26)41-38(40-36)43-32-22-12-10-20-30(32)34-33(43)24-23-29-28-19-9-11-21-31(28)42(35(29)34)27-17-7-8-18-27/h1-7,10-18,20-24,36H,9,19H2,(H,39,40,41). The van der Waals surface area contributed by atoms with Crippen LogP contribution in [0.3, 0.4) is 0 Å². The van der Waals surface area contributed by atoms with Crippen LogP contribution in [0.15, 0.2) is 137 Å². The number of aryl methyl sites for hydroxylation is 1. The monoisotopic (exact) mass is 553 g/mol. The van der Waals surface area contributed by atoms with Crippen molar-refractivity contribution in [2.24, 2.45) is 9.98 Å². The molecule has 3 heterocycles. The number of allylic oxidation sites excluding steroid dienone is 4. The summed E-state index contributed by atoms with van der Waals surface area (Å²) in [7, 11) is 0. The zero-order chi connectivity index (χ0) is 28.3. The molecule has 1 atom stereocenters. The second kappa shape index (κ2) is 9.45. The number of nitrogens with one attached hydrogen (secondary N) is 1. The van der Waals surface area contributed by atoms with Gasteiger partial charge < -0.3 is 9.88 Å². The van der Waals surface area contributed by atoms with Gasteiger partial charge in [0.25, 0.3) is 0 Å². The Bertz CT molecular complexity index is 2280. The van der Waals surface area contributed by atoms with Crippen LogP contribution in [0, 0.1) is 0 Å². The Hall–Kier alpha value is -5.64. The predicted molar refractivity (Wildman–Crippen MR) is 177 cm³/mol. The maximum absolute atomic E-state index is 5.25. The molecule has 0 amide bonds. The molecule has 0 radical (unpaired) electrons. The van der Waals surface area contributed by atoms with E-state index in [9.17, 15) is 0 Å². The van der Waals surface area contributed by atoms with Gasteiger partial charge in [-0.25, -0.2) is 4.99 Å². The van der Waals surface area contributed by atoms with Gasteiger partial charge in [-0.2, -0.15) is 4.99 Å². The van der Waals surface area contributed by atoms with E-state index in [0.29, 0.717) is 5.96 Å². The minimum Gasteiger partial charge on any atom is -0.344 e. The van der Waals surface area contributed by atoms with E-state index in [1.165, 1.54) is 32.9 Å². The van der Waals surface area contributed by atoms with E-state index in [-0.39, 0.29) is 6.17 Å². The quantitative estimate of drug-likeness (QED) is 0.221. The van der Waals surface area contributed by atoms with Crippen molar-refractivity contribution in [3.05, 3.63) is 149 Å². The van der Waals surface area contributed by atoms with Crippen molar-refractivity contribution in [1.29, 1.82) is 0 Å². The van der Waals surface area contributed by atoms with E-state index in [2.05, 4.69) is 117 Å². The van der Waals surface area contributed by atoms with E-state index in [0.717, 1.165) is 46.5 Å². The zero-order valence-electron chi connectivity index (χ0n) is 23.4. The number of nitrogens with zero attached hydrogens (tertiary/aromatic N) is 4. The van der Waals surface area contributed by atoms with Crippen LogP contribution in [0.1, 0.15) is 35.0 Å². The number of rotatable bonds is 3. The summed E-state index contributed by atoms with van der Waals surface area (Å²) >= 11 is 0. The lowest BCUT2D eigenvalue weighted by atomic mass is 10.00. The van der Waals surface area contributed by atoms with Gasteiger partial charge in [-0.1, -0.05) is 91.0 Å². The lowest BCUT2D eigenvalue weighted by Gasteiger charge is -2.24. The molecule has 3 aliphatic rings. The number of fused-ring (bicyclic) bond motifs is 7.